The Labute approximate surface area is 126 Å². The number of carbonyl (C=O) groups excluding carboxylic acids is 1. The van der Waals surface area contributed by atoms with E-state index in [1.54, 1.807) is 4.90 Å². The van der Waals surface area contributed by atoms with Gasteiger partial charge in [-0.3, -0.25) is 4.79 Å². The number of carboxylic acid groups (broad SMARTS) is 1. The summed E-state index contributed by atoms with van der Waals surface area (Å²) >= 11 is 3.44. The van der Waals surface area contributed by atoms with E-state index < -0.39 is 5.97 Å². The number of rotatable bonds is 3. The Morgan fingerprint density at radius 2 is 1.95 bits per heavy atom. The van der Waals surface area contributed by atoms with Crippen LogP contribution in [0.5, 0.6) is 0 Å². The van der Waals surface area contributed by atoms with Crippen molar-refractivity contribution in [1.82, 2.24) is 10.2 Å². The molecule has 0 aromatic heterocycles. The molecule has 0 aliphatic carbocycles. The third-order valence-corrected chi connectivity index (χ3v) is 4.29. The Morgan fingerprint density at radius 3 is 2.55 bits per heavy atom. The lowest BCUT2D eigenvalue weighted by Gasteiger charge is -2.30. The van der Waals surface area contributed by atoms with Gasteiger partial charge in [0, 0.05) is 24.1 Å². The number of aliphatic carboxylic acids is 1. The number of amides is 2. The molecule has 1 saturated heterocycles. The summed E-state index contributed by atoms with van der Waals surface area (Å²) < 4.78 is 0.963. The van der Waals surface area contributed by atoms with Crippen molar-refractivity contribution in [3.63, 3.8) is 0 Å². The number of nitrogens with one attached hydrogen (secondary N) is 1. The van der Waals surface area contributed by atoms with E-state index in [1.807, 2.05) is 24.3 Å². The van der Waals surface area contributed by atoms with Crippen LogP contribution < -0.4 is 5.32 Å². The number of benzene rings is 1. The molecule has 0 spiro atoms. The van der Waals surface area contributed by atoms with Crippen molar-refractivity contribution in [3.05, 3.63) is 34.3 Å². The largest absolute Gasteiger partial charge is 0.481 e. The minimum absolute atomic E-state index is 0.135. The summed E-state index contributed by atoms with van der Waals surface area (Å²) in [5.74, 6) is -1.08. The van der Waals surface area contributed by atoms with Gasteiger partial charge in [-0.1, -0.05) is 34.1 Å². The third kappa shape index (κ3) is 3.72. The molecule has 0 unspecified atom stereocenters. The fourth-order valence-corrected chi connectivity index (χ4v) is 2.68. The zero-order valence-electron chi connectivity index (χ0n) is 11.0. The van der Waals surface area contributed by atoms with Crippen molar-refractivity contribution in [2.24, 2.45) is 5.92 Å². The smallest absolute Gasteiger partial charge is 0.317 e. The summed E-state index contributed by atoms with van der Waals surface area (Å²) in [6, 6.07) is 7.59. The molecule has 0 saturated carbocycles. The van der Waals surface area contributed by atoms with E-state index in [0.29, 0.717) is 32.5 Å². The molecule has 2 N–H and O–H groups in total. The van der Waals surface area contributed by atoms with Crippen LogP contribution in [0.25, 0.3) is 0 Å². The number of urea groups is 1. The molecule has 1 aliphatic heterocycles. The second-order valence-corrected chi connectivity index (χ2v) is 5.70. The topological polar surface area (TPSA) is 69.6 Å². The van der Waals surface area contributed by atoms with Gasteiger partial charge in [-0.15, -0.1) is 0 Å². The van der Waals surface area contributed by atoms with Gasteiger partial charge in [0.2, 0.25) is 0 Å². The zero-order chi connectivity index (χ0) is 14.5. The van der Waals surface area contributed by atoms with Crippen LogP contribution in [0.3, 0.4) is 0 Å². The quantitative estimate of drug-likeness (QED) is 0.887. The van der Waals surface area contributed by atoms with Crippen LogP contribution in [0.1, 0.15) is 18.4 Å². The molecule has 0 atom stereocenters. The number of hydrogen-bond acceptors (Lipinski definition) is 2. The van der Waals surface area contributed by atoms with E-state index in [9.17, 15) is 9.59 Å². The monoisotopic (exact) mass is 340 g/mol. The SMILES string of the molecule is O=C(O)C1CCN(C(=O)NCc2ccccc2Br)CC1. The van der Waals surface area contributed by atoms with Crippen LogP contribution >= 0.6 is 15.9 Å². The minimum atomic E-state index is -0.765. The number of halogens is 1. The molecular weight excluding hydrogens is 324 g/mol. The molecule has 2 rings (SSSR count). The molecule has 0 radical (unpaired) electrons. The third-order valence-electron chi connectivity index (χ3n) is 3.52. The Balaban J connectivity index is 1.82. The molecule has 20 heavy (non-hydrogen) atoms. The van der Waals surface area contributed by atoms with Gasteiger partial charge in [0.1, 0.15) is 0 Å². The maximum Gasteiger partial charge on any atom is 0.317 e. The maximum absolute atomic E-state index is 12.0. The van der Waals surface area contributed by atoms with E-state index in [4.69, 9.17) is 5.11 Å². The Hall–Kier alpha value is -1.56. The van der Waals surface area contributed by atoms with Crippen LogP contribution in [0.15, 0.2) is 28.7 Å². The number of carboxylic acids is 1. The first-order valence-corrected chi connectivity index (χ1v) is 7.36. The van der Waals surface area contributed by atoms with Gasteiger partial charge in [0.25, 0.3) is 0 Å². The van der Waals surface area contributed by atoms with Crippen molar-refractivity contribution < 1.29 is 14.7 Å². The maximum atomic E-state index is 12.0. The Bertz CT molecular complexity index is 499. The summed E-state index contributed by atoms with van der Waals surface area (Å²) in [6.07, 6.45) is 1.05. The number of carbonyl (C=O) groups is 2. The van der Waals surface area contributed by atoms with Crippen LogP contribution in [-0.4, -0.2) is 35.1 Å². The first-order chi connectivity index (χ1) is 9.58. The normalized spacial score (nSPS) is 15.9. The molecule has 1 aliphatic rings. The fourth-order valence-electron chi connectivity index (χ4n) is 2.25. The van der Waals surface area contributed by atoms with Gasteiger partial charge in [-0.25, -0.2) is 4.79 Å². The number of likely N-dealkylation sites (tertiary alicyclic amines) is 1. The number of hydrogen-bond donors (Lipinski definition) is 2. The first-order valence-electron chi connectivity index (χ1n) is 6.57. The molecule has 1 heterocycles. The number of piperidine rings is 1. The van der Waals surface area contributed by atoms with Crippen molar-refractivity contribution in [2.75, 3.05) is 13.1 Å². The molecule has 108 valence electrons. The second kappa shape index (κ2) is 6.74. The lowest BCUT2D eigenvalue weighted by Crippen LogP contribution is -2.45. The lowest BCUT2D eigenvalue weighted by atomic mass is 9.97. The van der Waals surface area contributed by atoms with Gasteiger partial charge in [0.05, 0.1) is 5.92 Å². The first kappa shape index (κ1) is 14.8. The minimum Gasteiger partial charge on any atom is -0.481 e. The highest BCUT2D eigenvalue weighted by Gasteiger charge is 2.26. The molecule has 1 fully saturated rings. The van der Waals surface area contributed by atoms with Crippen LogP contribution in [0.2, 0.25) is 0 Å². The fraction of sp³-hybridized carbons (Fsp3) is 0.429. The highest BCUT2D eigenvalue weighted by atomic mass is 79.9. The van der Waals surface area contributed by atoms with Crippen LogP contribution in [0, 0.1) is 5.92 Å². The Morgan fingerprint density at radius 1 is 1.30 bits per heavy atom. The lowest BCUT2D eigenvalue weighted by molar-refractivity contribution is -0.143. The molecule has 1 aromatic carbocycles. The van der Waals surface area contributed by atoms with Crippen LogP contribution in [-0.2, 0) is 11.3 Å². The Kier molecular flexibility index (Phi) is 5.00. The zero-order valence-corrected chi connectivity index (χ0v) is 12.6. The van der Waals surface area contributed by atoms with E-state index in [0.717, 1.165) is 10.0 Å². The van der Waals surface area contributed by atoms with Gasteiger partial charge in [-0.2, -0.15) is 0 Å². The molecular formula is C14H17BrN2O3. The molecule has 1 aromatic rings. The van der Waals surface area contributed by atoms with E-state index in [-0.39, 0.29) is 11.9 Å². The summed E-state index contributed by atoms with van der Waals surface area (Å²) in [4.78, 5) is 24.5. The standard InChI is InChI=1S/C14H17BrN2O3/c15-12-4-2-1-3-11(12)9-16-14(20)17-7-5-10(6-8-17)13(18)19/h1-4,10H,5-9H2,(H,16,20)(H,18,19). The van der Waals surface area contributed by atoms with Crippen molar-refractivity contribution in [1.29, 1.82) is 0 Å². The molecule has 0 bridgehead atoms. The second-order valence-electron chi connectivity index (χ2n) is 4.85. The summed E-state index contributed by atoms with van der Waals surface area (Å²) in [5.41, 5.74) is 1.02. The summed E-state index contributed by atoms with van der Waals surface area (Å²) in [7, 11) is 0. The van der Waals surface area contributed by atoms with Crippen LogP contribution in [0.4, 0.5) is 4.79 Å². The predicted octanol–water partition coefficient (Wildman–Crippen LogP) is 2.46. The van der Waals surface area contributed by atoms with E-state index in [2.05, 4.69) is 21.2 Å². The number of nitrogens with zero attached hydrogens (tertiary/aromatic N) is 1. The van der Waals surface area contributed by atoms with E-state index in [1.165, 1.54) is 0 Å². The highest BCUT2D eigenvalue weighted by Crippen LogP contribution is 2.18. The van der Waals surface area contributed by atoms with Gasteiger partial charge < -0.3 is 15.3 Å². The molecule has 2 amide bonds. The van der Waals surface area contributed by atoms with Gasteiger partial charge in [0.15, 0.2) is 0 Å². The van der Waals surface area contributed by atoms with Crippen molar-refractivity contribution >= 4 is 27.9 Å². The summed E-state index contributed by atoms with van der Waals surface area (Å²) in [5, 5.41) is 11.8. The van der Waals surface area contributed by atoms with Gasteiger partial charge >= 0.3 is 12.0 Å². The van der Waals surface area contributed by atoms with Crippen molar-refractivity contribution in [2.45, 2.75) is 19.4 Å². The predicted molar refractivity (Wildman–Crippen MR) is 78.3 cm³/mol. The van der Waals surface area contributed by atoms with E-state index >= 15 is 0 Å². The highest BCUT2D eigenvalue weighted by molar-refractivity contribution is 9.10. The summed E-state index contributed by atoms with van der Waals surface area (Å²) in [6.45, 7) is 1.45. The van der Waals surface area contributed by atoms with Gasteiger partial charge in [-0.05, 0) is 24.5 Å². The average molecular weight is 341 g/mol. The average Bonchev–Trinajstić information content (AvgIpc) is 2.46. The molecule has 6 heteroatoms. The van der Waals surface area contributed by atoms with Crippen molar-refractivity contribution in [3.8, 4) is 0 Å². The molecule has 5 nitrogen and oxygen atoms in total.